The van der Waals surface area contributed by atoms with E-state index in [0.29, 0.717) is 6.54 Å². The van der Waals surface area contributed by atoms with Crippen LogP contribution in [-0.4, -0.2) is 31.6 Å². The monoisotopic (exact) mass is 294 g/mol. The number of hydrogen-bond acceptors (Lipinski definition) is 5. The second kappa shape index (κ2) is 6.56. The lowest BCUT2D eigenvalue weighted by molar-refractivity contribution is 0.0528. The maximum absolute atomic E-state index is 11.4. The smallest absolute Gasteiger partial charge is 0.407 e. The summed E-state index contributed by atoms with van der Waals surface area (Å²) in [6.07, 6.45) is 0.416. The topological polar surface area (TPSA) is 68.8 Å². The van der Waals surface area contributed by atoms with Crippen LogP contribution in [0.1, 0.15) is 27.2 Å². The summed E-state index contributed by atoms with van der Waals surface area (Å²) in [6.45, 7) is 7.11. The molecule has 0 aliphatic carbocycles. The number of amides is 1. The fraction of sp³-hybridized carbons (Fsp3) is 0.533. The van der Waals surface area contributed by atoms with Crippen molar-refractivity contribution in [1.29, 1.82) is 0 Å². The van der Waals surface area contributed by atoms with Crippen LogP contribution >= 0.6 is 0 Å². The van der Waals surface area contributed by atoms with Gasteiger partial charge in [-0.2, -0.15) is 0 Å². The number of benzene rings is 1. The molecule has 0 spiro atoms. The Kier molecular flexibility index (Phi) is 4.77. The van der Waals surface area contributed by atoms with E-state index in [9.17, 15) is 4.79 Å². The maximum atomic E-state index is 11.4. The van der Waals surface area contributed by atoms with Gasteiger partial charge in [-0.1, -0.05) is 0 Å². The van der Waals surface area contributed by atoms with Crippen molar-refractivity contribution < 1.29 is 19.0 Å². The number of carbonyl (C=O) groups is 1. The van der Waals surface area contributed by atoms with Crippen molar-refractivity contribution in [1.82, 2.24) is 5.32 Å². The number of hydrogen-bond donors (Lipinski definition) is 2. The van der Waals surface area contributed by atoms with Crippen LogP contribution in [-0.2, 0) is 4.74 Å². The molecular formula is C15H22N2O4. The lowest BCUT2D eigenvalue weighted by atomic mass is 10.2. The number of alkyl carbamates (subject to hydrolysis) is 1. The zero-order valence-corrected chi connectivity index (χ0v) is 12.7. The third kappa shape index (κ3) is 5.06. The molecule has 0 atom stereocenters. The Bertz CT molecular complexity index is 497. The lowest BCUT2D eigenvalue weighted by Gasteiger charge is -2.19. The van der Waals surface area contributed by atoms with Crippen LogP contribution in [0, 0.1) is 0 Å². The van der Waals surface area contributed by atoms with Crippen LogP contribution in [0.4, 0.5) is 10.5 Å². The van der Waals surface area contributed by atoms with Gasteiger partial charge in [0.2, 0.25) is 6.79 Å². The average molecular weight is 294 g/mol. The number of rotatable bonds is 5. The Morgan fingerprint density at radius 1 is 1.24 bits per heavy atom. The molecule has 0 saturated heterocycles. The van der Waals surface area contributed by atoms with Gasteiger partial charge >= 0.3 is 6.09 Å². The Hall–Kier alpha value is -2.11. The largest absolute Gasteiger partial charge is 0.454 e. The van der Waals surface area contributed by atoms with Gasteiger partial charge in [0.15, 0.2) is 11.5 Å². The van der Waals surface area contributed by atoms with Gasteiger partial charge in [-0.3, -0.25) is 0 Å². The van der Waals surface area contributed by atoms with Crippen molar-refractivity contribution >= 4 is 11.8 Å². The zero-order chi connectivity index (χ0) is 15.3. The van der Waals surface area contributed by atoms with E-state index >= 15 is 0 Å². The third-order valence-corrected chi connectivity index (χ3v) is 2.72. The van der Waals surface area contributed by atoms with E-state index in [1.165, 1.54) is 0 Å². The molecule has 2 N–H and O–H groups in total. The molecule has 21 heavy (non-hydrogen) atoms. The van der Waals surface area contributed by atoms with Crippen molar-refractivity contribution in [3.8, 4) is 11.5 Å². The Labute approximate surface area is 124 Å². The standard InChI is InChI=1S/C15H22N2O4/c1-15(2,3)21-14(18)17-8-4-7-16-11-5-6-12-13(9-11)20-10-19-12/h5-6,9,16H,4,7-8,10H2,1-3H3,(H,17,18). The van der Waals surface area contributed by atoms with E-state index in [1.807, 2.05) is 39.0 Å². The molecule has 0 fully saturated rings. The van der Waals surface area contributed by atoms with E-state index < -0.39 is 5.60 Å². The van der Waals surface area contributed by atoms with Crippen molar-refractivity contribution in [3.05, 3.63) is 18.2 Å². The Morgan fingerprint density at radius 2 is 2.00 bits per heavy atom. The predicted molar refractivity (Wildman–Crippen MR) is 79.9 cm³/mol. The van der Waals surface area contributed by atoms with Gasteiger partial charge in [-0.25, -0.2) is 4.79 Å². The summed E-state index contributed by atoms with van der Waals surface area (Å²) < 4.78 is 15.7. The minimum atomic E-state index is -0.463. The highest BCUT2D eigenvalue weighted by atomic mass is 16.7. The molecule has 1 amide bonds. The molecule has 6 nitrogen and oxygen atoms in total. The number of fused-ring (bicyclic) bond motifs is 1. The molecule has 0 radical (unpaired) electrons. The van der Waals surface area contributed by atoms with Crippen LogP contribution in [0.3, 0.4) is 0 Å². The second-order valence-electron chi connectivity index (χ2n) is 5.78. The van der Waals surface area contributed by atoms with E-state index in [0.717, 1.165) is 30.2 Å². The minimum Gasteiger partial charge on any atom is -0.454 e. The molecule has 6 heteroatoms. The first-order valence-corrected chi connectivity index (χ1v) is 7.04. The molecular weight excluding hydrogens is 272 g/mol. The average Bonchev–Trinajstić information content (AvgIpc) is 2.83. The molecule has 1 heterocycles. The minimum absolute atomic E-state index is 0.276. The summed E-state index contributed by atoms with van der Waals surface area (Å²) in [5.41, 5.74) is 0.506. The zero-order valence-electron chi connectivity index (χ0n) is 12.7. The number of nitrogens with one attached hydrogen (secondary N) is 2. The van der Waals surface area contributed by atoms with Gasteiger partial charge in [0.1, 0.15) is 5.60 Å². The quantitative estimate of drug-likeness (QED) is 0.817. The van der Waals surface area contributed by atoms with Crippen LogP contribution < -0.4 is 20.1 Å². The van der Waals surface area contributed by atoms with Gasteiger partial charge in [0.25, 0.3) is 0 Å². The molecule has 1 aromatic carbocycles. The van der Waals surface area contributed by atoms with Crippen molar-refractivity contribution in [3.63, 3.8) is 0 Å². The van der Waals surface area contributed by atoms with Crippen molar-refractivity contribution in [2.24, 2.45) is 0 Å². The van der Waals surface area contributed by atoms with E-state index in [2.05, 4.69) is 10.6 Å². The summed E-state index contributed by atoms with van der Waals surface area (Å²) in [4.78, 5) is 11.4. The highest BCUT2D eigenvalue weighted by Gasteiger charge is 2.15. The van der Waals surface area contributed by atoms with Crippen molar-refractivity contribution in [2.45, 2.75) is 32.8 Å². The molecule has 0 saturated carbocycles. The van der Waals surface area contributed by atoms with Gasteiger partial charge in [0.05, 0.1) is 0 Å². The summed E-state index contributed by atoms with van der Waals surface area (Å²) in [6, 6.07) is 5.72. The van der Waals surface area contributed by atoms with Gasteiger partial charge < -0.3 is 24.8 Å². The van der Waals surface area contributed by atoms with E-state index in [4.69, 9.17) is 14.2 Å². The van der Waals surface area contributed by atoms with Crippen LogP contribution in [0.2, 0.25) is 0 Å². The first-order chi connectivity index (χ1) is 9.94. The molecule has 0 unspecified atom stereocenters. The van der Waals surface area contributed by atoms with Gasteiger partial charge in [-0.15, -0.1) is 0 Å². The molecule has 0 aromatic heterocycles. The highest BCUT2D eigenvalue weighted by Crippen LogP contribution is 2.34. The molecule has 2 rings (SSSR count). The van der Waals surface area contributed by atoms with Gasteiger partial charge in [0, 0.05) is 24.8 Å². The second-order valence-corrected chi connectivity index (χ2v) is 5.78. The highest BCUT2D eigenvalue weighted by molar-refractivity contribution is 5.67. The van der Waals surface area contributed by atoms with Crippen LogP contribution in [0.25, 0.3) is 0 Å². The summed E-state index contributed by atoms with van der Waals surface area (Å²) in [5.74, 6) is 1.53. The third-order valence-electron chi connectivity index (χ3n) is 2.72. The summed E-state index contributed by atoms with van der Waals surface area (Å²) in [5, 5.41) is 5.99. The Morgan fingerprint density at radius 3 is 2.76 bits per heavy atom. The number of anilines is 1. The van der Waals surface area contributed by atoms with Crippen molar-refractivity contribution in [2.75, 3.05) is 25.2 Å². The molecule has 1 aliphatic heterocycles. The fourth-order valence-corrected chi connectivity index (χ4v) is 1.83. The lowest BCUT2D eigenvalue weighted by Crippen LogP contribution is -2.33. The van der Waals surface area contributed by atoms with E-state index in [-0.39, 0.29) is 12.9 Å². The number of ether oxygens (including phenoxy) is 3. The molecule has 1 aliphatic rings. The van der Waals surface area contributed by atoms with E-state index in [1.54, 1.807) is 0 Å². The number of carbonyl (C=O) groups excluding carboxylic acids is 1. The summed E-state index contributed by atoms with van der Waals surface area (Å²) in [7, 11) is 0. The maximum Gasteiger partial charge on any atom is 0.407 e. The molecule has 1 aromatic rings. The predicted octanol–water partition coefficient (Wildman–Crippen LogP) is 2.74. The normalized spacial score (nSPS) is 12.9. The van der Waals surface area contributed by atoms with Crippen LogP contribution in [0.5, 0.6) is 11.5 Å². The Balaban J connectivity index is 1.63. The molecule has 116 valence electrons. The molecule has 0 bridgehead atoms. The van der Waals surface area contributed by atoms with Crippen LogP contribution in [0.15, 0.2) is 18.2 Å². The SMILES string of the molecule is CC(C)(C)OC(=O)NCCCNc1ccc2c(c1)OCO2. The summed E-state index contributed by atoms with van der Waals surface area (Å²) >= 11 is 0. The fourth-order valence-electron chi connectivity index (χ4n) is 1.83. The first kappa shape index (κ1) is 15.3. The van der Waals surface area contributed by atoms with Gasteiger partial charge in [-0.05, 0) is 39.3 Å². The first-order valence-electron chi connectivity index (χ1n) is 7.04.